The molecule has 0 amide bonds. The largest absolute Gasteiger partial charge is 0.493 e. The van der Waals surface area contributed by atoms with Crippen LogP contribution in [0.4, 0.5) is 0 Å². The van der Waals surface area contributed by atoms with Crippen molar-refractivity contribution in [2.75, 3.05) is 20.8 Å². The summed E-state index contributed by atoms with van der Waals surface area (Å²) in [4.78, 5) is 22.1. The van der Waals surface area contributed by atoms with E-state index in [0.29, 0.717) is 18.8 Å². The summed E-state index contributed by atoms with van der Waals surface area (Å²) in [7, 11) is 2.60. The van der Waals surface area contributed by atoms with Gasteiger partial charge in [-0.05, 0) is 5.56 Å². The van der Waals surface area contributed by atoms with E-state index in [9.17, 15) is 9.59 Å². The fourth-order valence-corrected chi connectivity index (χ4v) is 3.19. The molecule has 24 heavy (non-hydrogen) atoms. The second-order valence-corrected chi connectivity index (χ2v) is 6.40. The van der Waals surface area contributed by atoms with Crippen molar-refractivity contribution in [3.8, 4) is 0 Å². The first kappa shape index (κ1) is 18.4. The predicted molar refractivity (Wildman–Crippen MR) is 88.9 cm³/mol. The summed E-state index contributed by atoms with van der Waals surface area (Å²) >= 11 is 1.31. The van der Waals surface area contributed by atoms with E-state index < -0.39 is 16.9 Å². The molecule has 1 aliphatic heterocycles. The van der Waals surface area contributed by atoms with Gasteiger partial charge in [0.05, 0.1) is 20.6 Å². The van der Waals surface area contributed by atoms with Crippen molar-refractivity contribution >= 4 is 23.7 Å². The highest BCUT2D eigenvalue weighted by molar-refractivity contribution is 8.03. The zero-order chi connectivity index (χ0) is 17.4. The van der Waals surface area contributed by atoms with Crippen LogP contribution in [0.1, 0.15) is 18.4 Å². The average Bonchev–Trinajstić information content (AvgIpc) is 3.02. The SMILES string of the molecule is COC(=O)COC1(CC(=O)OC)CC(OCc2ccccc2)=CS1. The number of hydrogen-bond acceptors (Lipinski definition) is 7. The second kappa shape index (κ2) is 8.75. The van der Waals surface area contributed by atoms with Crippen LogP contribution in [0.25, 0.3) is 0 Å². The number of hydrogen-bond donors (Lipinski definition) is 0. The maximum atomic E-state index is 11.7. The lowest BCUT2D eigenvalue weighted by atomic mass is 10.1. The Morgan fingerprint density at radius 3 is 2.50 bits per heavy atom. The predicted octanol–water partition coefficient (Wildman–Crippen LogP) is 2.63. The Kier molecular flexibility index (Phi) is 6.69. The fraction of sp³-hybridized carbons (Fsp3) is 0.412. The number of benzene rings is 1. The molecule has 6 nitrogen and oxygen atoms in total. The highest BCUT2D eigenvalue weighted by Crippen LogP contribution is 2.45. The maximum absolute atomic E-state index is 11.7. The number of ether oxygens (including phenoxy) is 4. The van der Waals surface area contributed by atoms with E-state index in [1.807, 2.05) is 35.7 Å². The second-order valence-electron chi connectivity index (χ2n) is 5.18. The van der Waals surface area contributed by atoms with Gasteiger partial charge in [-0.25, -0.2) is 4.79 Å². The minimum atomic E-state index is -0.909. The Labute approximate surface area is 145 Å². The first-order chi connectivity index (χ1) is 11.6. The summed E-state index contributed by atoms with van der Waals surface area (Å²) in [5.41, 5.74) is 1.05. The van der Waals surface area contributed by atoms with Crippen molar-refractivity contribution in [2.45, 2.75) is 24.4 Å². The van der Waals surface area contributed by atoms with Gasteiger partial charge in [-0.3, -0.25) is 4.79 Å². The molecule has 1 aliphatic rings. The van der Waals surface area contributed by atoms with Crippen molar-refractivity contribution in [3.05, 3.63) is 47.1 Å². The van der Waals surface area contributed by atoms with Crippen molar-refractivity contribution in [3.63, 3.8) is 0 Å². The normalized spacial score (nSPS) is 19.5. The van der Waals surface area contributed by atoms with Crippen LogP contribution >= 0.6 is 11.8 Å². The van der Waals surface area contributed by atoms with Crippen molar-refractivity contribution < 1.29 is 28.5 Å². The van der Waals surface area contributed by atoms with Gasteiger partial charge in [-0.2, -0.15) is 0 Å². The van der Waals surface area contributed by atoms with Crippen LogP contribution in [-0.2, 0) is 35.1 Å². The third-order valence-corrected chi connectivity index (χ3v) is 4.65. The lowest BCUT2D eigenvalue weighted by Crippen LogP contribution is -2.33. The van der Waals surface area contributed by atoms with E-state index in [1.165, 1.54) is 26.0 Å². The van der Waals surface area contributed by atoms with E-state index in [0.717, 1.165) is 5.56 Å². The Bertz CT molecular complexity index is 600. The summed E-state index contributed by atoms with van der Waals surface area (Å²) in [6, 6.07) is 9.77. The zero-order valence-electron chi connectivity index (χ0n) is 13.7. The minimum absolute atomic E-state index is 0.0137. The van der Waals surface area contributed by atoms with Crippen molar-refractivity contribution in [1.29, 1.82) is 0 Å². The smallest absolute Gasteiger partial charge is 0.331 e. The van der Waals surface area contributed by atoms with Crippen LogP contribution in [0.2, 0.25) is 0 Å². The maximum Gasteiger partial charge on any atom is 0.331 e. The monoisotopic (exact) mass is 352 g/mol. The molecular formula is C17H20O6S. The molecule has 0 bridgehead atoms. The number of esters is 2. The van der Waals surface area contributed by atoms with Gasteiger partial charge in [0.2, 0.25) is 0 Å². The van der Waals surface area contributed by atoms with Gasteiger partial charge in [0.25, 0.3) is 0 Å². The van der Waals surface area contributed by atoms with E-state index in [-0.39, 0.29) is 13.0 Å². The molecule has 2 rings (SSSR count). The molecule has 1 atom stereocenters. The molecule has 1 aromatic rings. The molecule has 0 aromatic heterocycles. The fourth-order valence-electron chi connectivity index (χ4n) is 2.14. The summed E-state index contributed by atoms with van der Waals surface area (Å²) < 4.78 is 20.7. The zero-order valence-corrected chi connectivity index (χ0v) is 14.5. The Balaban J connectivity index is 1.94. The van der Waals surface area contributed by atoms with E-state index in [2.05, 4.69) is 4.74 Å². The number of carbonyl (C=O) groups is 2. The molecule has 0 N–H and O–H groups in total. The molecule has 0 fully saturated rings. The van der Waals surface area contributed by atoms with Gasteiger partial charge in [0, 0.05) is 11.8 Å². The molecule has 0 spiro atoms. The Morgan fingerprint density at radius 2 is 1.83 bits per heavy atom. The first-order valence-corrected chi connectivity index (χ1v) is 8.26. The summed E-state index contributed by atoms with van der Waals surface area (Å²) in [5.74, 6) is -0.207. The number of methoxy groups -OCH3 is 2. The van der Waals surface area contributed by atoms with Gasteiger partial charge >= 0.3 is 11.9 Å². The first-order valence-electron chi connectivity index (χ1n) is 7.38. The van der Waals surface area contributed by atoms with Gasteiger partial charge in [-0.15, -0.1) is 0 Å². The van der Waals surface area contributed by atoms with Crippen LogP contribution in [-0.4, -0.2) is 37.7 Å². The lowest BCUT2D eigenvalue weighted by molar-refractivity contribution is -0.154. The lowest BCUT2D eigenvalue weighted by Gasteiger charge is -2.27. The highest BCUT2D eigenvalue weighted by Gasteiger charge is 2.41. The average molecular weight is 352 g/mol. The quantitative estimate of drug-likeness (QED) is 0.666. The van der Waals surface area contributed by atoms with Crippen LogP contribution in [0.15, 0.2) is 41.5 Å². The molecule has 0 radical (unpaired) electrons. The van der Waals surface area contributed by atoms with Crippen molar-refractivity contribution in [1.82, 2.24) is 0 Å². The molecule has 1 aromatic carbocycles. The Morgan fingerprint density at radius 1 is 1.12 bits per heavy atom. The third kappa shape index (κ3) is 5.28. The summed E-state index contributed by atoms with van der Waals surface area (Å²) in [6.45, 7) is 0.193. The molecule has 1 unspecified atom stereocenters. The Hall–Kier alpha value is -1.99. The van der Waals surface area contributed by atoms with E-state index >= 15 is 0 Å². The standard InChI is InChI=1S/C17H20O6S/c1-20-15(18)9-17(23-11-16(19)21-2)8-14(12-24-17)22-10-13-6-4-3-5-7-13/h3-7,12H,8-11H2,1-2H3. The molecule has 0 aliphatic carbocycles. The van der Waals surface area contributed by atoms with Gasteiger partial charge < -0.3 is 18.9 Å². The number of rotatable bonds is 8. The molecule has 130 valence electrons. The van der Waals surface area contributed by atoms with E-state index in [4.69, 9.17) is 14.2 Å². The molecule has 7 heteroatoms. The number of carbonyl (C=O) groups excluding carboxylic acids is 2. The third-order valence-electron chi connectivity index (χ3n) is 3.44. The topological polar surface area (TPSA) is 71.1 Å². The summed E-state index contributed by atoms with van der Waals surface area (Å²) in [6.07, 6.45) is 0.385. The number of thioether (sulfide) groups is 1. The van der Waals surface area contributed by atoms with Crippen LogP contribution in [0, 0.1) is 0 Å². The minimum Gasteiger partial charge on any atom is -0.493 e. The molecular weight excluding hydrogens is 332 g/mol. The summed E-state index contributed by atoms with van der Waals surface area (Å²) in [5, 5.41) is 1.81. The van der Waals surface area contributed by atoms with Gasteiger partial charge in [0.1, 0.15) is 23.9 Å². The van der Waals surface area contributed by atoms with Gasteiger partial charge in [0.15, 0.2) is 0 Å². The van der Waals surface area contributed by atoms with Gasteiger partial charge in [-0.1, -0.05) is 42.1 Å². The van der Waals surface area contributed by atoms with Crippen LogP contribution in [0.3, 0.4) is 0 Å². The van der Waals surface area contributed by atoms with Crippen LogP contribution in [0.5, 0.6) is 0 Å². The van der Waals surface area contributed by atoms with Crippen molar-refractivity contribution in [2.24, 2.45) is 0 Å². The molecule has 1 heterocycles. The van der Waals surface area contributed by atoms with Crippen LogP contribution < -0.4 is 0 Å². The van der Waals surface area contributed by atoms with E-state index in [1.54, 1.807) is 0 Å². The molecule has 0 saturated heterocycles. The highest BCUT2D eigenvalue weighted by atomic mass is 32.2. The molecule has 0 saturated carbocycles.